The fourth-order valence-electron chi connectivity index (χ4n) is 2.59. The number of ether oxygens (including phenoxy) is 3. The van der Waals surface area contributed by atoms with Gasteiger partial charge >= 0.3 is 5.97 Å². The molecule has 0 radical (unpaired) electrons. The second kappa shape index (κ2) is 8.13. The van der Waals surface area contributed by atoms with Gasteiger partial charge in [-0.2, -0.15) is 0 Å². The molecule has 0 spiro atoms. The van der Waals surface area contributed by atoms with Gasteiger partial charge in [0.05, 0.1) is 11.0 Å². The predicted molar refractivity (Wildman–Crippen MR) is 97.5 cm³/mol. The monoisotopic (exact) mass is 406 g/mol. The van der Waals surface area contributed by atoms with Crippen LogP contribution in [0.1, 0.15) is 28.9 Å². The van der Waals surface area contributed by atoms with E-state index < -0.39 is 29.1 Å². The second-order valence-electron chi connectivity index (χ2n) is 5.90. The van der Waals surface area contributed by atoms with Gasteiger partial charge in [-0.1, -0.05) is 17.7 Å². The highest BCUT2D eigenvalue weighted by Crippen LogP contribution is 2.34. The first kappa shape index (κ1) is 19.4. The molecule has 0 unspecified atom stereocenters. The number of amides is 1. The Labute approximate surface area is 164 Å². The Bertz CT molecular complexity index is 948. The van der Waals surface area contributed by atoms with E-state index in [4.69, 9.17) is 25.8 Å². The molecule has 0 fully saturated rings. The van der Waals surface area contributed by atoms with Crippen LogP contribution in [0.3, 0.4) is 0 Å². The number of hydrogen-bond donors (Lipinski definition) is 1. The lowest BCUT2D eigenvalue weighted by Gasteiger charge is -2.15. The van der Waals surface area contributed by atoms with E-state index in [0.717, 1.165) is 11.6 Å². The quantitative estimate of drug-likeness (QED) is 0.445. The Morgan fingerprint density at radius 1 is 1.25 bits per heavy atom. The number of carbonyl (C=O) groups excluding carboxylic acids is 2. The summed E-state index contributed by atoms with van der Waals surface area (Å²) in [4.78, 5) is 34.5. The lowest BCUT2D eigenvalue weighted by atomic mass is 10.1. The van der Waals surface area contributed by atoms with Crippen LogP contribution in [-0.4, -0.2) is 30.2 Å². The van der Waals surface area contributed by atoms with Crippen molar-refractivity contribution < 1.29 is 28.7 Å². The van der Waals surface area contributed by atoms with E-state index in [9.17, 15) is 19.7 Å². The van der Waals surface area contributed by atoms with Gasteiger partial charge in [0.25, 0.3) is 11.6 Å². The third-order valence-electron chi connectivity index (χ3n) is 3.98. The van der Waals surface area contributed by atoms with Gasteiger partial charge in [-0.25, -0.2) is 4.79 Å². The maximum Gasteiger partial charge on any atom is 0.345 e. The van der Waals surface area contributed by atoms with Crippen LogP contribution in [0.25, 0.3) is 0 Å². The molecule has 28 heavy (non-hydrogen) atoms. The minimum Gasteiger partial charge on any atom is -0.454 e. The van der Waals surface area contributed by atoms with Crippen LogP contribution in [0, 0.1) is 10.1 Å². The number of carbonyl (C=O) groups is 2. The molecule has 3 rings (SSSR count). The number of nitrogens with zero attached hydrogens (tertiary/aromatic N) is 1. The van der Waals surface area contributed by atoms with Crippen molar-refractivity contribution in [3.63, 3.8) is 0 Å². The van der Waals surface area contributed by atoms with Crippen molar-refractivity contribution in [1.82, 2.24) is 5.32 Å². The fraction of sp³-hybridized carbons (Fsp3) is 0.222. The number of hydrogen-bond acceptors (Lipinski definition) is 7. The van der Waals surface area contributed by atoms with E-state index in [1.165, 1.54) is 12.1 Å². The lowest BCUT2D eigenvalue weighted by molar-refractivity contribution is -0.385. The normalized spacial score (nSPS) is 12.9. The molecule has 1 atom stereocenters. The zero-order valence-electron chi connectivity index (χ0n) is 14.6. The van der Waals surface area contributed by atoms with Gasteiger partial charge in [-0.15, -0.1) is 0 Å². The van der Waals surface area contributed by atoms with Crippen molar-refractivity contribution >= 4 is 29.2 Å². The zero-order chi connectivity index (χ0) is 20.3. The minimum atomic E-state index is -0.991. The SMILES string of the molecule is C[C@@H](NC(=O)COC(=O)c1ccc(Cl)cc1[N+](=O)[O-])c1ccc2c(c1)OCO2. The highest BCUT2D eigenvalue weighted by molar-refractivity contribution is 6.31. The molecule has 1 aliphatic heterocycles. The van der Waals surface area contributed by atoms with Crippen LogP contribution < -0.4 is 14.8 Å². The molecular weight excluding hydrogens is 392 g/mol. The third kappa shape index (κ3) is 4.32. The molecule has 0 aliphatic carbocycles. The van der Waals surface area contributed by atoms with Crippen LogP contribution in [0.4, 0.5) is 5.69 Å². The number of rotatable bonds is 6. The van der Waals surface area contributed by atoms with Gasteiger partial charge in [0.2, 0.25) is 6.79 Å². The average Bonchev–Trinajstić information content (AvgIpc) is 3.13. The van der Waals surface area contributed by atoms with Gasteiger partial charge in [-0.3, -0.25) is 14.9 Å². The molecule has 0 saturated heterocycles. The fourth-order valence-corrected chi connectivity index (χ4v) is 2.75. The molecule has 1 heterocycles. The Hall–Kier alpha value is -3.33. The van der Waals surface area contributed by atoms with Gasteiger partial charge in [-0.05, 0) is 36.8 Å². The summed E-state index contributed by atoms with van der Waals surface area (Å²) in [5.74, 6) is -0.342. The van der Waals surface area contributed by atoms with Crippen molar-refractivity contribution in [2.24, 2.45) is 0 Å². The smallest absolute Gasteiger partial charge is 0.345 e. The molecule has 0 bridgehead atoms. The summed E-state index contributed by atoms with van der Waals surface area (Å²) in [6, 6.07) is 8.42. The van der Waals surface area contributed by atoms with Crippen LogP contribution >= 0.6 is 11.6 Å². The molecule has 1 amide bonds. The molecule has 0 aromatic heterocycles. The second-order valence-corrected chi connectivity index (χ2v) is 6.33. The van der Waals surface area contributed by atoms with Gasteiger partial charge in [0.15, 0.2) is 18.1 Å². The van der Waals surface area contributed by atoms with E-state index in [2.05, 4.69) is 5.32 Å². The topological polar surface area (TPSA) is 117 Å². The summed E-state index contributed by atoms with van der Waals surface area (Å²) in [5.41, 5.74) is -0.00470. The predicted octanol–water partition coefficient (Wildman–Crippen LogP) is 3.01. The van der Waals surface area contributed by atoms with E-state index in [0.29, 0.717) is 11.5 Å². The number of nitro benzene ring substituents is 1. The van der Waals surface area contributed by atoms with Crippen LogP contribution in [0.2, 0.25) is 5.02 Å². The molecule has 9 nitrogen and oxygen atoms in total. The van der Waals surface area contributed by atoms with Crippen LogP contribution in [-0.2, 0) is 9.53 Å². The lowest BCUT2D eigenvalue weighted by Crippen LogP contribution is -2.31. The Morgan fingerprint density at radius 2 is 2.00 bits per heavy atom. The third-order valence-corrected chi connectivity index (χ3v) is 4.22. The average molecular weight is 407 g/mol. The highest BCUT2D eigenvalue weighted by atomic mass is 35.5. The zero-order valence-corrected chi connectivity index (χ0v) is 15.4. The number of benzene rings is 2. The molecule has 146 valence electrons. The Morgan fingerprint density at radius 3 is 2.75 bits per heavy atom. The number of fused-ring (bicyclic) bond motifs is 1. The van der Waals surface area contributed by atoms with Crippen LogP contribution in [0.15, 0.2) is 36.4 Å². The number of nitro groups is 1. The molecule has 1 N–H and O–H groups in total. The van der Waals surface area contributed by atoms with Crippen molar-refractivity contribution in [2.45, 2.75) is 13.0 Å². The van der Waals surface area contributed by atoms with E-state index in [1.807, 2.05) is 0 Å². The summed E-state index contributed by atoms with van der Waals surface area (Å²) >= 11 is 5.71. The number of halogens is 1. The van der Waals surface area contributed by atoms with Crippen molar-refractivity contribution in [2.75, 3.05) is 13.4 Å². The van der Waals surface area contributed by atoms with Crippen LogP contribution in [0.5, 0.6) is 11.5 Å². The summed E-state index contributed by atoms with van der Waals surface area (Å²) in [5, 5.41) is 13.8. The van der Waals surface area contributed by atoms with Crippen molar-refractivity contribution in [3.05, 3.63) is 62.7 Å². The van der Waals surface area contributed by atoms with Gasteiger partial charge < -0.3 is 19.5 Å². The molecule has 10 heteroatoms. The number of nitrogens with one attached hydrogen (secondary N) is 1. The standard InChI is InChI=1S/C18H15ClN2O7/c1-10(11-2-5-15-16(6-11)28-9-27-15)20-17(22)8-26-18(23)13-4-3-12(19)7-14(13)21(24)25/h2-7,10H,8-9H2,1H3,(H,20,22)/t10-/m1/s1. The number of esters is 1. The first-order valence-electron chi connectivity index (χ1n) is 8.15. The first-order chi connectivity index (χ1) is 13.3. The van der Waals surface area contributed by atoms with Crippen molar-refractivity contribution in [1.29, 1.82) is 0 Å². The van der Waals surface area contributed by atoms with Gasteiger partial charge in [0.1, 0.15) is 5.56 Å². The van der Waals surface area contributed by atoms with E-state index >= 15 is 0 Å². The minimum absolute atomic E-state index is 0.110. The highest BCUT2D eigenvalue weighted by Gasteiger charge is 2.23. The van der Waals surface area contributed by atoms with Gasteiger partial charge in [0, 0.05) is 11.1 Å². The maximum absolute atomic E-state index is 12.1. The largest absolute Gasteiger partial charge is 0.454 e. The summed E-state index contributed by atoms with van der Waals surface area (Å²) in [6.07, 6.45) is 0. The molecular formula is C18H15ClN2O7. The molecule has 2 aromatic carbocycles. The summed E-state index contributed by atoms with van der Waals surface area (Å²) in [7, 11) is 0. The van der Waals surface area contributed by atoms with E-state index in [-0.39, 0.29) is 23.4 Å². The van der Waals surface area contributed by atoms with E-state index in [1.54, 1.807) is 25.1 Å². The first-order valence-corrected chi connectivity index (χ1v) is 8.53. The summed E-state index contributed by atoms with van der Waals surface area (Å²) in [6.45, 7) is 1.31. The Kier molecular flexibility index (Phi) is 5.65. The molecule has 1 aliphatic rings. The molecule has 0 saturated carbocycles. The summed E-state index contributed by atoms with van der Waals surface area (Å²) < 4.78 is 15.4. The van der Waals surface area contributed by atoms with Crippen molar-refractivity contribution in [3.8, 4) is 11.5 Å². The maximum atomic E-state index is 12.1. The Balaban J connectivity index is 1.58. The molecule has 2 aromatic rings.